The van der Waals surface area contributed by atoms with Crippen LogP contribution < -0.4 is 5.73 Å². The number of hydrogen-bond acceptors (Lipinski definition) is 3. The van der Waals surface area contributed by atoms with E-state index < -0.39 is 31.6 Å². The average molecular weight is 181 g/mol. The Morgan fingerprint density at radius 3 is 2.18 bits per heavy atom. The van der Waals surface area contributed by atoms with Gasteiger partial charge in [0.25, 0.3) is 7.37 Å². The van der Waals surface area contributed by atoms with Gasteiger partial charge in [-0.05, 0) is 0 Å². The summed E-state index contributed by atoms with van der Waals surface area (Å²) in [6.45, 7) is 0. The first-order valence-electron chi connectivity index (χ1n) is 2.70. The second kappa shape index (κ2) is 3.50. The van der Waals surface area contributed by atoms with E-state index in [0.29, 0.717) is 0 Å². The van der Waals surface area contributed by atoms with Gasteiger partial charge in [0.05, 0.1) is 6.42 Å². The van der Waals surface area contributed by atoms with Gasteiger partial charge in [-0.3, -0.25) is 14.2 Å². The summed E-state index contributed by atoms with van der Waals surface area (Å²) in [5.41, 5.74) is 3.16. The third-order valence-corrected chi connectivity index (χ3v) is 2.49. The highest BCUT2D eigenvalue weighted by atomic mass is 31.2. The lowest BCUT2D eigenvalue weighted by Gasteiger charge is -2.03. The van der Waals surface area contributed by atoms with Crippen molar-refractivity contribution in [1.29, 1.82) is 0 Å². The number of carbonyl (C=O) groups excluding carboxylic acids is 1. The van der Waals surface area contributed by atoms with Gasteiger partial charge in [-0.1, -0.05) is 0 Å². The normalized spacial score (nSPS) is 15.4. The van der Waals surface area contributed by atoms with E-state index in [4.69, 9.17) is 10.00 Å². The molecule has 0 spiro atoms. The molecule has 1 unspecified atom stereocenters. The number of rotatable bonds is 4. The van der Waals surface area contributed by atoms with Crippen molar-refractivity contribution in [3.05, 3.63) is 0 Å². The Hall–Kier alpha value is -0.870. The first-order valence-corrected chi connectivity index (χ1v) is 4.54. The number of nitrogens with two attached hydrogens (primary N) is 1. The van der Waals surface area contributed by atoms with Crippen LogP contribution in [0.1, 0.15) is 6.42 Å². The summed E-state index contributed by atoms with van der Waals surface area (Å²) >= 11 is 0. The highest BCUT2D eigenvalue weighted by molar-refractivity contribution is 7.75. The van der Waals surface area contributed by atoms with Gasteiger partial charge in [0.15, 0.2) is 0 Å². The Balaban J connectivity index is 4.04. The molecule has 6 nitrogen and oxygen atoms in total. The molecule has 0 heterocycles. The molecule has 11 heavy (non-hydrogen) atoms. The van der Waals surface area contributed by atoms with Gasteiger partial charge < -0.3 is 15.7 Å². The van der Waals surface area contributed by atoms with Crippen molar-refractivity contribution < 1.29 is 24.2 Å². The third kappa shape index (κ3) is 3.75. The molecule has 0 saturated heterocycles. The van der Waals surface area contributed by atoms with Crippen LogP contribution in [-0.4, -0.2) is 27.8 Å². The van der Waals surface area contributed by atoms with Gasteiger partial charge in [-0.2, -0.15) is 0 Å². The molecule has 0 rings (SSSR count). The van der Waals surface area contributed by atoms with E-state index in [9.17, 15) is 14.2 Å². The minimum Gasteiger partial charge on any atom is -0.481 e. The molecule has 0 aliphatic heterocycles. The number of amides is 1. The topological polar surface area (TPSA) is 118 Å². The van der Waals surface area contributed by atoms with Gasteiger partial charge >= 0.3 is 11.6 Å². The van der Waals surface area contributed by atoms with Crippen molar-refractivity contribution in [2.45, 2.75) is 6.42 Å². The lowest BCUT2D eigenvalue weighted by molar-refractivity contribution is -0.136. The molecule has 4 N–H and O–H groups in total. The Morgan fingerprint density at radius 2 is 1.91 bits per heavy atom. The Morgan fingerprint density at radius 1 is 1.45 bits per heavy atom. The van der Waals surface area contributed by atoms with Crippen LogP contribution in [0.3, 0.4) is 0 Å². The fourth-order valence-electron chi connectivity index (χ4n) is 0.357. The van der Waals surface area contributed by atoms with E-state index in [1.807, 2.05) is 0 Å². The van der Waals surface area contributed by atoms with Gasteiger partial charge in [-0.25, -0.2) is 0 Å². The fourth-order valence-corrected chi connectivity index (χ4v) is 1.07. The molecule has 1 amide bonds. The van der Waals surface area contributed by atoms with E-state index in [1.54, 1.807) is 0 Å². The largest absolute Gasteiger partial charge is 0.481 e. The number of carbonyl (C=O) groups is 2. The van der Waals surface area contributed by atoms with Crippen LogP contribution in [-0.2, 0) is 9.36 Å². The Labute approximate surface area is 62.5 Å². The number of carboxylic acid groups (broad SMARTS) is 1. The van der Waals surface area contributed by atoms with E-state index in [-0.39, 0.29) is 0 Å². The van der Waals surface area contributed by atoms with Gasteiger partial charge in [0.1, 0.15) is 0 Å². The van der Waals surface area contributed by atoms with Crippen molar-refractivity contribution >= 4 is 19.0 Å². The van der Waals surface area contributed by atoms with E-state index in [0.717, 1.165) is 0 Å². The molecule has 0 fully saturated rings. The van der Waals surface area contributed by atoms with Crippen LogP contribution in [0.5, 0.6) is 0 Å². The summed E-state index contributed by atoms with van der Waals surface area (Å²) in [6.07, 6.45) is -1.13. The number of aliphatic carboxylic acids is 1. The molecule has 0 aromatic carbocycles. The van der Waals surface area contributed by atoms with E-state index >= 15 is 0 Å². The van der Waals surface area contributed by atoms with Crippen molar-refractivity contribution in [3.8, 4) is 0 Å². The van der Waals surface area contributed by atoms with Crippen molar-refractivity contribution in [1.82, 2.24) is 0 Å². The monoisotopic (exact) mass is 181 g/mol. The second-order valence-corrected chi connectivity index (χ2v) is 4.20. The molecule has 0 aliphatic rings. The first-order chi connectivity index (χ1) is 4.86. The highest BCUT2D eigenvalue weighted by Gasteiger charge is 2.26. The molecule has 0 saturated carbocycles. The van der Waals surface area contributed by atoms with Crippen molar-refractivity contribution in [3.63, 3.8) is 0 Å². The Kier molecular flexibility index (Phi) is 3.22. The highest BCUT2D eigenvalue weighted by Crippen LogP contribution is 2.40. The van der Waals surface area contributed by atoms with Crippen LogP contribution in [0.25, 0.3) is 0 Å². The third-order valence-electron chi connectivity index (χ3n) is 0.973. The predicted octanol–water partition coefficient (Wildman–Crippen LogP) is -0.190. The summed E-state index contributed by atoms with van der Waals surface area (Å²) in [5, 5.41) is 8.07. The fraction of sp³-hybridized carbons (Fsp3) is 0.500. The second-order valence-electron chi connectivity index (χ2n) is 1.91. The summed E-state index contributed by atoms with van der Waals surface area (Å²) in [6, 6.07) is 0. The quantitative estimate of drug-likeness (QED) is 0.519. The molecular weight excluding hydrogens is 173 g/mol. The summed E-state index contributed by atoms with van der Waals surface area (Å²) < 4.78 is 10.6. The standard InChI is InChI=1S/C4H8NO5P/c5-4(8)11(9,10)2-1-3(6)7/h1-2H2,(H2,5,8)(H,6,7)(H,9,10). The molecular formula is C4H8NO5P. The molecule has 0 aliphatic carbocycles. The van der Waals surface area contributed by atoms with Gasteiger partial charge in [-0.15, -0.1) is 0 Å². The van der Waals surface area contributed by atoms with Crippen molar-refractivity contribution in [2.75, 3.05) is 6.16 Å². The maximum Gasteiger partial charge on any atom is 0.303 e. The molecule has 1 atom stereocenters. The zero-order valence-electron chi connectivity index (χ0n) is 5.56. The van der Waals surface area contributed by atoms with Crippen LogP contribution in [0.2, 0.25) is 0 Å². The minimum absolute atomic E-state index is 0.531. The van der Waals surface area contributed by atoms with Crippen LogP contribution in [0.4, 0.5) is 4.79 Å². The molecule has 0 radical (unpaired) electrons. The number of primary amides is 1. The zero-order chi connectivity index (χ0) is 9.07. The van der Waals surface area contributed by atoms with E-state index in [1.165, 1.54) is 0 Å². The lowest BCUT2D eigenvalue weighted by atomic mass is 10.5. The number of hydrogen-bond donors (Lipinski definition) is 3. The summed E-state index contributed by atoms with van der Waals surface area (Å²) in [7, 11) is -4.06. The van der Waals surface area contributed by atoms with Gasteiger partial charge in [0, 0.05) is 6.16 Å². The maximum atomic E-state index is 10.6. The smallest absolute Gasteiger partial charge is 0.303 e. The lowest BCUT2D eigenvalue weighted by Crippen LogP contribution is -2.12. The zero-order valence-corrected chi connectivity index (χ0v) is 6.45. The average Bonchev–Trinajstić information content (AvgIpc) is 1.84. The first kappa shape index (κ1) is 10.1. The molecule has 0 bridgehead atoms. The van der Waals surface area contributed by atoms with Crippen LogP contribution in [0.15, 0.2) is 0 Å². The number of carboxylic acids is 1. The molecule has 7 heteroatoms. The van der Waals surface area contributed by atoms with Crippen molar-refractivity contribution in [2.24, 2.45) is 5.73 Å². The summed E-state index contributed by atoms with van der Waals surface area (Å²) in [5.74, 6) is -1.24. The SMILES string of the molecule is NC(=O)P(=O)(O)CCC(=O)O. The van der Waals surface area contributed by atoms with E-state index in [2.05, 4.69) is 5.73 Å². The molecule has 0 aromatic rings. The predicted molar refractivity (Wildman–Crippen MR) is 36.5 cm³/mol. The van der Waals surface area contributed by atoms with Crippen LogP contribution >= 0.6 is 7.37 Å². The minimum atomic E-state index is -4.06. The maximum absolute atomic E-state index is 10.6. The van der Waals surface area contributed by atoms with Crippen LogP contribution in [0, 0.1) is 0 Å². The molecule has 0 aromatic heterocycles. The Bertz CT molecular complexity index is 225. The molecule has 64 valence electrons. The van der Waals surface area contributed by atoms with Gasteiger partial charge in [0.2, 0.25) is 0 Å². The summed E-state index contributed by atoms with van der Waals surface area (Å²) in [4.78, 5) is 28.7.